The van der Waals surface area contributed by atoms with Gasteiger partial charge in [-0.15, -0.1) is 0 Å². The van der Waals surface area contributed by atoms with Crippen LogP contribution in [0.2, 0.25) is 0 Å². The second-order valence-corrected chi connectivity index (χ2v) is 6.35. The monoisotopic (exact) mass is 316 g/mol. The molecule has 0 aliphatic heterocycles. The summed E-state index contributed by atoms with van der Waals surface area (Å²) >= 11 is 0. The molecule has 0 aliphatic rings. The first-order valence-corrected chi connectivity index (χ1v) is 8.79. The van der Waals surface area contributed by atoms with Crippen molar-refractivity contribution in [2.45, 2.75) is 91.9 Å². The molecule has 4 heteroatoms. The zero-order chi connectivity index (χ0) is 17.4. The van der Waals surface area contributed by atoms with Crippen LogP contribution in [-0.2, 0) is 9.59 Å². The lowest BCUT2D eigenvalue weighted by atomic mass is 9.95. The second kappa shape index (κ2) is 16.3. The lowest BCUT2D eigenvalue weighted by Gasteiger charge is -2.10. The van der Waals surface area contributed by atoms with Crippen molar-refractivity contribution in [1.29, 1.82) is 0 Å². The van der Waals surface area contributed by atoms with Crippen LogP contribution >= 0.6 is 0 Å². The fraction of sp³-hybridized carbons (Fsp3) is 0.889. The Labute approximate surface area is 136 Å². The van der Waals surface area contributed by atoms with E-state index < -0.39 is 11.9 Å². The van der Waals surface area contributed by atoms with Gasteiger partial charge in [0.15, 0.2) is 0 Å². The van der Waals surface area contributed by atoms with Gasteiger partial charge in [0.1, 0.15) is 0 Å². The summed E-state index contributed by atoms with van der Waals surface area (Å²) in [5, 5.41) is 17.1. The van der Waals surface area contributed by atoms with Crippen molar-refractivity contribution in [3.05, 3.63) is 0 Å². The largest absolute Gasteiger partial charge is 0.481 e. The number of rotatable bonds is 12. The van der Waals surface area contributed by atoms with Gasteiger partial charge in [-0.2, -0.15) is 0 Å². The second-order valence-electron chi connectivity index (χ2n) is 6.35. The Morgan fingerprint density at radius 2 is 1.36 bits per heavy atom. The zero-order valence-electron chi connectivity index (χ0n) is 14.9. The van der Waals surface area contributed by atoms with Crippen molar-refractivity contribution < 1.29 is 19.8 Å². The normalized spacial score (nSPS) is 11.7. The summed E-state index contributed by atoms with van der Waals surface area (Å²) in [6, 6.07) is 0. The minimum atomic E-state index is -0.696. The van der Waals surface area contributed by atoms with E-state index in [2.05, 4.69) is 13.8 Å². The smallest absolute Gasteiger partial charge is 0.306 e. The van der Waals surface area contributed by atoms with Crippen LogP contribution in [-0.4, -0.2) is 22.2 Å². The maximum absolute atomic E-state index is 10.9. The molecule has 0 aromatic carbocycles. The van der Waals surface area contributed by atoms with Crippen molar-refractivity contribution in [3.8, 4) is 0 Å². The molecule has 0 rings (SSSR count). The molecule has 2 N–H and O–H groups in total. The van der Waals surface area contributed by atoms with Crippen molar-refractivity contribution in [2.75, 3.05) is 0 Å². The van der Waals surface area contributed by atoms with Gasteiger partial charge in [-0.3, -0.25) is 9.59 Å². The highest BCUT2D eigenvalue weighted by Gasteiger charge is 2.15. The molecule has 0 aliphatic carbocycles. The molecule has 0 aromatic rings. The molecule has 1 unspecified atom stereocenters. The van der Waals surface area contributed by atoms with Crippen LogP contribution in [0.1, 0.15) is 91.9 Å². The van der Waals surface area contributed by atoms with Crippen LogP contribution in [0.15, 0.2) is 0 Å². The summed E-state index contributed by atoms with van der Waals surface area (Å²) in [5.41, 5.74) is 0. The number of carboxylic acid groups (broad SMARTS) is 2. The molecule has 0 bridgehead atoms. The van der Waals surface area contributed by atoms with Gasteiger partial charge in [0.25, 0.3) is 0 Å². The zero-order valence-corrected chi connectivity index (χ0v) is 14.9. The average Bonchev–Trinajstić information content (AvgIpc) is 2.44. The molecule has 0 saturated heterocycles. The Morgan fingerprint density at radius 3 is 1.73 bits per heavy atom. The number of carbonyl (C=O) groups is 2. The quantitative estimate of drug-likeness (QED) is 0.476. The third-order valence-electron chi connectivity index (χ3n) is 3.60. The molecule has 0 aromatic heterocycles. The summed E-state index contributed by atoms with van der Waals surface area (Å²) in [7, 11) is 0. The van der Waals surface area contributed by atoms with Gasteiger partial charge >= 0.3 is 11.9 Å². The van der Waals surface area contributed by atoms with E-state index in [0.717, 1.165) is 38.5 Å². The molecule has 0 radical (unpaired) electrons. The predicted octanol–water partition coefficient (Wildman–Crippen LogP) is 5.36. The van der Waals surface area contributed by atoms with E-state index in [-0.39, 0.29) is 5.92 Å². The van der Waals surface area contributed by atoms with Gasteiger partial charge in [0.2, 0.25) is 0 Å². The molecule has 0 saturated carbocycles. The molecular weight excluding hydrogens is 280 g/mol. The van der Waals surface area contributed by atoms with Crippen LogP contribution < -0.4 is 0 Å². The van der Waals surface area contributed by atoms with E-state index in [4.69, 9.17) is 10.2 Å². The Kier molecular flexibility index (Phi) is 17.2. The molecule has 0 amide bonds. The lowest BCUT2D eigenvalue weighted by Crippen LogP contribution is -2.13. The van der Waals surface area contributed by atoms with Crippen LogP contribution in [0.25, 0.3) is 0 Å². The Morgan fingerprint density at radius 1 is 0.818 bits per heavy atom. The van der Waals surface area contributed by atoms with E-state index in [1.54, 1.807) is 0 Å². The number of hydrogen-bond donors (Lipinski definition) is 2. The standard InChI is InChI=1S/C12H24O2.C6H12O2/c1-3-5-7-8-10-11(12(13)14)9-6-4-2;1-5(2)3-4-6(7)8/h11H,3-10H2,1-2H3,(H,13,14);5H,3-4H2,1-2H3,(H,7,8). The molecule has 0 heterocycles. The van der Waals surface area contributed by atoms with Gasteiger partial charge in [-0.25, -0.2) is 0 Å². The fourth-order valence-electron chi connectivity index (χ4n) is 2.07. The Bertz CT molecular complexity index is 274. The van der Waals surface area contributed by atoms with Crippen LogP contribution in [0, 0.1) is 11.8 Å². The van der Waals surface area contributed by atoms with Gasteiger partial charge in [0.05, 0.1) is 5.92 Å². The molecular formula is C18H36O4. The van der Waals surface area contributed by atoms with Crippen molar-refractivity contribution >= 4 is 11.9 Å². The van der Waals surface area contributed by atoms with Crippen LogP contribution in [0.5, 0.6) is 0 Å². The molecule has 132 valence electrons. The topological polar surface area (TPSA) is 74.6 Å². The highest BCUT2D eigenvalue weighted by molar-refractivity contribution is 5.69. The first-order valence-electron chi connectivity index (χ1n) is 8.79. The maximum atomic E-state index is 10.9. The molecule has 4 nitrogen and oxygen atoms in total. The highest BCUT2D eigenvalue weighted by Crippen LogP contribution is 2.17. The third kappa shape index (κ3) is 18.9. The Balaban J connectivity index is 0. The molecule has 0 fully saturated rings. The molecule has 0 spiro atoms. The van der Waals surface area contributed by atoms with E-state index in [1.807, 2.05) is 13.8 Å². The number of hydrogen-bond acceptors (Lipinski definition) is 2. The van der Waals surface area contributed by atoms with Crippen molar-refractivity contribution in [2.24, 2.45) is 11.8 Å². The number of unbranched alkanes of at least 4 members (excludes halogenated alkanes) is 4. The summed E-state index contributed by atoms with van der Waals surface area (Å²) in [6.07, 6.45) is 9.68. The van der Waals surface area contributed by atoms with Gasteiger partial charge < -0.3 is 10.2 Å². The highest BCUT2D eigenvalue weighted by atomic mass is 16.4. The SMILES string of the molecule is CC(C)CCC(=O)O.CCCCCCC(CCCC)C(=O)O. The van der Waals surface area contributed by atoms with Crippen LogP contribution in [0.4, 0.5) is 0 Å². The molecule has 22 heavy (non-hydrogen) atoms. The van der Waals surface area contributed by atoms with Gasteiger partial charge in [0, 0.05) is 6.42 Å². The Hall–Kier alpha value is -1.06. The number of carboxylic acids is 2. The van der Waals surface area contributed by atoms with E-state index in [1.165, 1.54) is 19.3 Å². The van der Waals surface area contributed by atoms with Gasteiger partial charge in [-0.1, -0.05) is 66.2 Å². The predicted molar refractivity (Wildman–Crippen MR) is 91.1 cm³/mol. The van der Waals surface area contributed by atoms with Crippen molar-refractivity contribution in [3.63, 3.8) is 0 Å². The van der Waals surface area contributed by atoms with E-state index in [0.29, 0.717) is 12.3 Å². The lowest BCUT2D eigenvalue weighted by molar-refractivity contribution is -0.142. The summed E-state index contributed by atoms with van der Waals surface area (Å²) in [5.74, 6) is -0.883. The molecule has 1 atom stereocenters. The van der Waals surface area contributed by atoms with E-state index >= 15 is 0 Å². The summed E-state index contributed by atoms with van der Waals surface area (Å²) in [4.78, 5) is 20.8. The van der Waals surface area contributed by atoms with Gasteiger partial charge in [-0.05, 0) is 25.2 Å². The minimum absolute atomic E-state index is 0.0909. The van der Waals surface area contributed by atoms with Crippen molar-refractivity contribution in [1.82, 2.24) is 0 Å². The van der Waals surface area contributed by atoms with E-state index in [9.17, 15) is 9.59 Å². The first kappa shape index (κ1) is 23.2. The fourth-order valence-corrected chi connectivity index (χ4v) is 2.07. The number of aliphatic carboxylic acids is 2. The summed E-state index contributed by atoms with van der Waals surface area (Å²) < 4.78 is 0. The average molecular weight is 316 g/mol. The first-order chi connectivity index (χ1) is 10.3. The maximum Gasteiger partial charge on any atom is 0.306 e. The summed E-state index contributed by atoms with van der Waals surface area (Å²) in [6.45, 7) is 8.31. The minimum Gasteiger partial charge on any atom is -0.481 e. The third-order valence-corrected chi connectivity index (χ3v) is 3.60. The van der Waals surface area contributed by atoms with Crippen LogP contribution in [0.3, 0.4) is 0 Å².